The minimum Gasteiger partial charge on any atom is -0.390 e. The summed E-state index contributed by atoms with van der Waals surface area (Å²) in [5, 5.41) is 10.4. The van der Waals surface area contributed by atoms with Crippen molar-refractivity contribution >= 4 is 5.91 Å². The number of alkyl halides is 3. The third-order valence-corrected chi connectivity index (χ3v) is 4.74. The van der Waals surface area contributed by atoms with E-state index < -0.39 is 29.3 Å². The minimum atomic E-state index is -4.82. The lowest BCUT2D eigenvalue weighted by Crippen LogP contribution is -2.72. The number of halogens is 3. The zero-order chi connectivity index (χ0) is 13.3. The number of hydrogen-bond donors (Lipinski definition) is 1. The average Bonchev–Trinajstić information content (AvgIpc) is 2.10. The number of carbonyl (C=O) groups is 1. The maximum atomic E-state index is 12.7. The number of rotatable bonds is 0. The third kappa shape index (κ3) is 1.57. The molecule has 1 amide bonds. The van der Waals surface area contributed by atoms with E-state index >= 15 is 0 Å². The van der Waals surface area contributed by atoms with Crippen molar-refractivity contribution in [2.75, 3.05) is 0 Å². The van der Waals surface area contributed by atoms with Crippen LogP contribution < -0.4 is 0 Å². The molecule has 6 heteroatoms. The Morgan fingerprint density at radius 2 is 2.00 bits per heavy atom. The van der Waals surface area contributed by atoms with Crippen molar-refractivity contribution in [3.05, 3.63) is 0 Å². The fraction of sp³-hybridized carbons (Fsp3) is 0.917. The second kappa shape index (κ2) is 3.21. The lowest BCUT2D eigenvalue weighted by atomic mass is 9.56. The van der Waals surface area contributed by atoms with E-state index in [2.05, 4.69) is 0 Å². The summed E-state index contributed by atoms with van der Waals surface area (Å²) < 4.78 is 38.0. The highest BCUT2D eigenvalue weighted by Crippen LogP contribution is 2.56. The molecule has 2 heterocycles. The molecule has 2 aliphatic heterocycles. The third-order valence-electron chi connectivity index (χ3n) is 4.74. The average molecular weight is 263 g/mol. The number of aliphatic hydroxyl groups is 1. The first-order chi connectivity index (χ1) is 8.13. The van der Waals surface area contributed by atoms with Crippen molar-refractivity contribution in [1.29, 1.82) is 0 Å². The lowest BCUT2D eigenvalue weighted by molar-refractivity contribution is -0.228. The zero-order valence-electron chi connectivity index (χ0n) is 10.1. The Kier molecular flexibility index (Phi) is 2.19. The van der Waals surface area contributed by atoms with Crippen LogP contribution in [-0.4, -0.2) is 39.3 Å². The smallest absolute Gasteiger partial charge is 0.390 e. The lowest BCUT2D eigenvalue weighted by Gasteiger charge is -2.64. The van der Waals surface area contributed by atoms with Crippen molar-refractivity contribution in [3.63, 3.8) is 0 Å². The molecule has 0 spiro atoms. The molecule has 18 heavy (non-hydrogen) atoms. The predicted octanol–water partition coefficient (Wildman–Crippen LogP) is 1.84. The van der Waals surface area contributed by atoms with E-state index in [1.54, 1.807) is 6.92 Å². The molecule has 4 unspecified atom stereocenters. The van der Waals surface area contributed by atoms with Crippen LogP contribution in [0, 0.1) is 5.92 Å². The van der Waals surface area contributed by atoms with Gasteiger partial charge < -0.3 is 10.0 Å². The van der Waals surface area contributed by atoms with E-state index in [1.165, 1.54) is 0 Å². The van der Waals surface area contributed by atoms with Gasteiger partial charge in [-0.1, -0.05) is 0 Å². The Morgan fingerprint density at radius 1 is 1.33 bits per heavy atom. The van der Waals surface area contributed by atoms with Gasteiger partial charge in [-0.2, -0.15) is 13.2 Å². The second-order valence-corrected chi connectivity index (χ2v) is 6.44. The van der Waals surface area contributed by atoms with Gasteiger partial charge in [-0.25, -0.2) is 0 Å². The van der Waals surface area contributed by atoms with Crippen LogP contribution >= 0.6 is 0 Å². The molecule has 0 radical (unpaired) electrons. The van der Waals surface area contributed by atoms with Gasteiger partial charge in [-0.15, -0.1) is 0 Å². The molecule has 4 rings (SSSR count). The van der Waals surface area contributed by atoms with Crippen molar-refractivity contribution in [2.45, 2.75) is 62.4 Å². The second-order valence-electron chi connectivity index (χ2n) is 6.44. The van der Waals surface area contributed by atoms with Gasteiger partial charge in [0.1, 0.15) is 0 Å². The van der Waals surface area contributed by atoms with E-state index in [0.717, 1.165) is 4.90 Å². The Balaban J connectivity index is 1.96. The van der Waals surface area contributed by atoms with Crippen LogP contribution in [-0.2, 0) is 4.79 Å². The molecule has 0 aromatic rings. The van der Waals surface area contributed by atoms with E-state index in [4.69, 9.17) is 0 Å². The molecule has 0 aromatic carbocycles. The quantitative estimate of drug-likeness (QED) is 0.724. The summed E-state index contributed by atoms with van der Waals surface area (Å²) in [5.41, 5.74) is -1.69. The number of carbonyl (C=O) groups excluding carboxylic acids is 1. The van der Waals surface area contributed by atoms with E-state index in [0.29, 0.717) is 25.7 Å². The largest absolute Gasteiger partial charge is 0.471 e. The van der Waals surface area contributed by atoms with Crippen LogP contribution in [0.3, 0.4) is 0 Å². The van der Waals surface area contributed by atoms with Crippen molar-refractivity contribution < 1.29 is 23.1 Å². The Bertz CT molecular complexity index is 411. The summed E-state index contributed by atoms with van der Waals surface area (Å²) in [6.07, 6.45) is -2.41. The van der Waals surface area contributed by atoms with Crippen molar-refractivity contribution in [1.82, 2.24) is 4.90 Å². The van der Waals surface area contributed by atoms with E-state index in [-0.39, 0.29) is 12.3 Å². The highest BCUT2D eigenvalue weighted by molar-refractivity contribution is 5.83. The predicted molar refractivity (Wildman–Crippen MR) is 56.6 cm³/mol. The van der Waals surface area contributed by atoms with Gasteiger partial charge in [-0.05, 0) is 44.9 Å². The van der Waals surface area contributed by atoms with Gasteiger partial charge in [-0.3, -0.25) is 4.79 Å². The minimum absolute atomic E-state index is 0.254. The first-order valence-corrected chi connectivity index (χ1v) is 6.26. The van der Waals surface area contributed by atoms with Crippen molar-refractivity contribution in [2.24, 2.45) is 5.92 Å². The Morgan fingerprint density at radius 3 is 2.50 bits per heavy atom. The maximum Gasteiger partial charge on any atom is 0.471 e. The maximum absolute atomic E-state index is 12.7. The summed E-state index contributed by atoms with van der Waals surface area (Å²) in [4.78, 5) is 12.6. The first-order valence-electron chi connectivity index (χ1n) is 6.26. The van der Waals surface area contributed by atoms with Crippen LogP contribution in [0.2, 0.25) is 0 Å². The first kappa shape index (κ1) is 12.3. The van der Waals surface area contributed by atoms with Gasteiger partial charge >= 0.3 is 12.1 Å². The Hall–Kier alpha value is -0.780. The van der Waals surface area contributed by atoms with Gasteiger partial charge in [0.15, 0.2) is 0 Å². The van der Waals surface area contributed by atoms with E-state index in [9.17, 15) is 23.1 Å². The van der Waals surface area contributed by atoms with Crippen LogP contribution in [0.15, 0.2) is 0 Å². The number of nitrogens with zero attached hydrogens (tertiary/aromatic N) is 1. The normalized spacial score (nSPS) is 46.6. The fourth-order valence-corrected chi connectivity index (χ4v) is 4.68. The molecule has 2 saturated carbocycles. The Labute approximate surface area is 103 Å². The van der Waals surface area contributed by atoms with E-state index in [1.807, 2.05) is 0 Å². The molecule has 2 saturated heterocycles. The number of hydrogen-bond acceptors (Lipinski definition) is 2. The number of amides is 1. The summed E-state index contributed by atoms with van der Waals surface area (Å²) in [7, 11) is 0. The summed E-state index contributed by atoms with van der Waals surface area (Å²) >= 11 is 0. The molecule has 102 valence electrons. The SMILES string of the molecule is CC12CC3CC(CC(O)(C3)C1)N2C(=O)C(F)(F)F. The zero-order valence-corrected chi connectivity index (χ0v) is 10.1. The van der Waals surface area contributed by atoms with Gasteiger partial charge in [0, 0.05) is 11.6 Å². The molecule has 4 fully saturated rings. The molecule has 4 aliphatic rings. The monoisotopic (exact) mass is 263 g/mol. The standard InChI is InChI=1S/C12H16F3NO2/c1-10-3-7-2-8(5-11(18,4-7)6-10)16(10)9(17)12(13,14)15/h7-8,18H,2-6H2,1H3. The molecule has 4 bridgehead atoms. The molecule has 3 nitrogen and oxygen atoms in total. The fourth-order valence-electron chi connectivity index (χ4n) is 4.68. The van der Waals surface area contributed by atoms with Crippen LogP contribution in [0.5, 0.6) is 0 Å². The summed E-state index contributed by atoms with van der Waals surface area (Å²) in [6.45, 7) is 1.68. The molecule has 0 aromatic heterocycles. The highest BCUT2D eigenvalue weighted by atomic mass is 19.4. The summed E-state index contributed by atoms with van der Waals surface area (Å²) in [5.74, 6) is -1.48. The van der Waals surface area contributed by atoms with Crippen LogP contribution in [0.25, 0.3) is 0 Å². The number of piperidine rings is 2. The molecule has 1 N–H and O–H groups in total. The molecular weight excluding hydrogens is 247 g/mol. The highest BCUT2D eigenvalue weighted by Gasteiger charge is 2.63. The molecular formula is C12H16F3NO2. The summed E-state index contributed by atoms with van der Waals surface area (Å²) in [6, 6.07) is -0.449. The van der Waals surface area contributed by atoms with Gasteiger partial charge in [0.25, 0.3) is 0 Å². The topological polar surface area (TPSA) is 40.5 Å². The van der Waals surface area contributed by atoms with Crippen LogP contribution in [0.4, 0.5) is 13.2 Å². The molecule has 2 aliphatic carbocycles. The molecule has 4 atom stereocenters. The van der Waals surface area contributed by atoms with Crippen LogP contribution in [0.1, 0.15) is 39.0 Å². The van der Waals surface area contributed by atoms with Gasteiger partial charge in [0.2, 0.25) is 0 Å². The van der Waals surface area contributed by atoms with Gasteiger partial charge in [0.05, 0.1) is 5.60 Å². The van der Waals surface area contributed by atoms with Crippen molar-refractivity contribution in [3.8, 4) is 0 Å².